The Bertz CT molecular complexity index is 652. The Labute approximate surface area is 111 Å². The molecule has 1 N–H and O–H groups in total. The molecule has 3 rings (SSSR count). The number of anilines is 1. The van der Waals surface area contributed by atoms with Crippen LogP contribution in [0.4, 0.5) is 5.69 Å². The number of pyridine rings is 1. The van der Waals surface area contributed by atoms with Gasteiger partial charge in [0.2, 0.25) is 0 Å². The molecule has 4 heteroatoms. The minimum Gasteiger partial charge on any atom is -0.477 e. The lowest BCUT2D eigenvalue weighted by Crippen LogP contribution is -2.12. The predicted octanol–water partition coefficient (Wildman–Crippen LogP) is 2.44. The summed E-state index contributed by atoms with van der Waals surface area (Å²) in [4.78, 5) is 17.3. The van der Waals surface area contributed by atoms with Gasteiger partial charge in [0.15, 0.2) is 0 Å². The zero-order chi connectivity index (χ0) is 13.4. The summed E-state index contributed by atoms with van der Waals surface area (Å²) in [5.41, 5.74) is 4.27. The highest BCUT2D eigenvalue weighted by atomic mass is 16.4. The van der Waals surface area contributed by atoms with Crippen molar-refractivity contribution in [3.63, 3.8) is 0 Å². The maximum atomic E-state index is 11.0. The smallest absolute Gasteiger partial charge is 0.354 e. The summed E-state index contributed by atoms with van der Waals surface area (Å²) in [6.45, 7) is 1.03. The van der Waals surface area contributed by atoms with E-state index in [1.165, 1.54) is 17.3 Å². The summed E-state index contributed by atoms with van der Waals surface area (Å²) in [5, 5.41) is 8.98. The third-order valence-electron chi connectivity index (χ3n) is 3.48. The van der Waals surface area contributed by atoms with Crippen molar-refractivity contribution < 1.29 is 9.90 Å². The van der Waals surface area contributed by atoms with Gasteiger partial charge in [0.25, 0.3) is 0 Å². The van der Waals surface area contributed by atoms with Crippen molar-refractivity contribution in [3.8, 4) is 11.3 Å². The highest BCUT2D eigenvalue weighted by Gasteiger charge is 2.16. The second-order valence-electron chi connectivity index (χ2n) is 4.73. The molecule has 0 radical (unpaired) electrons. The van der Waals surface area contributed by atoms with Gasteiger partial charge in [0, 0.05) is 24.8 Å². The van der Waals surface area contributed by atoms with E-state index in [9.17, 15) is 4.79 Å². The molecule has 0 spiro atoms. The van der Waals surface area contributed by atoms with E-state index in [-0.39, 0.29) is 5.69 Å². The zero-order valence-corrected chi connectivity index (χ0v) is 10.6. The number of hydrogen-bond donors (Lipinski definition) is 1. The number of hydrogen-bond acceptors (Lipinski definition) is 3. The van der Waals surface area contributed by atoms with Crippen LogP contribution in [0.5, 0.6) is 0 Å². The van der Waals surface area contributed by atoms with E-state index in [0.717, 1.165) is 18.5 Å². The van der Waals surface area contributed by atoms with Gasteiger partial charge in [-0.15, -0.1) is 0 Å². The average molecular weight is 254 g/mol. The van der Waals surface area contributed by atoms with Crippen LogP contribution in [0.2, 0.25) is 0 Å². The normalized spacial score (nSPS) is 13.4. The van der Waals surface area contributed by atoms with E-state index < -0.39 is 5.97 Å². The molecule has 0 fully saturated rings. The summed E-state index contributed by atoms with van der Waals surface area (Å²) in [7, 11) is 2.07. The van der Waals surface area contributed by atoms with Crippen LogP contribution in [0.25, 0.3) is 11.3 Å². The van der Waals surface area contributed by atoms with Crippen LogP contribution in [0.3, 0.4) is 0 Å². The number of carbonyl (C=O) groups is 1. The number of aromatic nitrogens is 1. The molecule has 0 atom stereocenters. The molecular formula is C15H14N2O2. The van der Waals surface area contributed by atoms with Crippen LogP contribution in [0.15, 0.2) is 36.4 Å². The first kappa shape index (κ1) is 11.7. The van der Waals surface area contributed by atoms with Crippen molar-refractivity contribution in [2.75, 3.05) is 18.5 Å². The van der Waals surface area contributed by atoms with Crippen LogP contribution in [0, 0.1) is 0 Å². The van der Waals surface area contributed by atoms with E-state index >= 15 is 0 Å². The number of carboxylic acids is 1. The Kier molecular flexibility index (Phi) is 2.71. The van der Waals surface area contributed by atoms with Gasteiger partial charge in [-0.2, -0.15) is 0 Å². The highest BCUT2D eigenvalue weighted by molar-refractivity contribution is 5.86. The quantitative estimate of drug-likeness (QED) is 0.894. The van der Waals surface area contributed by atoms with Gasteiger partial charge in [-0.1, -0.05) is 18.2 Å². The van der Waals surface area contributed by atoms with Gasteiger partial charge >= 0.3 is 5.97 Å². The maximum absolute atomic E-state index is 11.0. The summed E-state index contributed by atoms with van der Waals surface area (Å²) in [6, 6.07) is 11.3. The molecule has 4 nitrogen and oxygen atoms in total. The Balaban J connectivity index is 2.05. The summed E-state index contributed by atoms with van der Waals surface area (Å²) in [5.74, 6) is -1.000. The van der Waals surface area contributed by atoms with E-state index in [2.05, 4.69) is 29.1 Å². The fraction of sp³-hybridized carbons (Fsp3) is 0.200. The number of benzene rings is 1. The minimum atomic E-state index is -1.000. The van der Waals surface area contributed by atoms with Crippen LogP contribution in [-0.2, 0) is 6.42 Å². The molecule has 0 aliphatic carbocycles. The number of carboxylic acid groups (broad SMARTS) is 1. The molecule has 19 heavy (non-hydrogen) atoms. The monoisotopic (exact) mass is 254 g/mol. The van der Waals surface area contributed by atoms with Crippen molar-refractivity contribution in [2.45, 2.75) is 6.42 Å². The Morgan fingerprint density at radius 2 is 2.16 bits per heavy atom. The number of likely N-dealkylation sites (N-methyl/N-ethyl adjacent to an activating group) is 1. The highest BCUT2D eigenvalue weighted by Crippen LogP contribution is 2.31. The van der Waals surface area contributed by atoms with E-state index in [0.29, 0.717) is 5.69 Å². The number of aromatic carboxylic acids is 1. The van der Waals surface area contributed by atoms with Crippen LogP contribution < -0.4 is 4.90 Å². The molecule has 1 aromatic heterocycles. The van der Waals surface area contributed by atoms with Gasteiger partial charge in [0.05, 0.1) is 5.69 Å². The topological polar surface area (TPSA) is 53.4 Å². The Hall–Kier alpha value is -2.36. The second kappa shape index (κ2) is 4.39. The fourth-order valence-electron chi connectivity index (χ4n) is 2.41. The first-order valence-electron chi connectivity index (χ1n) is 6.20. The molecule has 1 aliphatic heterocycles. The largest absolute Gasteiger partial charge is 0.477 e. The molecule has 2 heterocycles. The second-order valence-corrected chi connectivity index (χ2v) is 4.73. The summed E-state index contributed by atoms with van der Waals surface area (Å²) < 4.78 is 0. The summed E-state index contributed by atoms with van der Waals surface area (Å²) >= 11 is 0. The Morgan fingerprint density at radius 3 is 2.95 bits per heavy atom. The molecule has 0 saturated carbocycles. The van der Waals surface area contributed by atoms with Gasteiger partial charge in [-0.3, -0.25) is 0 Å². The lowest BCUT2D eigenvalue weighted by molar-refractivity contribution is 0.0690. The fourth-order valence-corrected chi connectivity index (χ4v) is 2.41. The van der Waals surface area contributed by atoms with Gasteiger partial charge in [0.1, 0.15) is 5.69 Å². The van der Waals surface area contributed by atoms with E-state index in [4.69, 9.17) is 5.11 Å². The van der Waals surface area contributed by atoms with Crippen LogP contribution in [-0.4, -0.2) is 29.7 Å². The van der Waals surface area contributed by atoms with Crippen molar-refractivity contribution in [1.82, 2.24) is 4.98 Å². The standard InChI is InChI=1S/C15H14N2O2/c1-17-8-7-10-5-6-11(9-14(10)17)12-3-2-4-13(16-12)15(18)19/h2-6,9H,7-8H2,1H3,(H,18,19). The SMILES string of the molecule is CN1CCc2ccc(-c3cccc(C(=O)O)n3)cc21. The molecule has 2 aromatic rings. The number of nitrogens with zero attached hydrogens (tertiary/aromatic N) is 2. The molecule has 0 saturated heterocycles. The molecule has 0 amide bonds. The van der Waals surface area contributed by atoms with Crippen molar-refractivity contribution in [2.24, 2.45) is 0 Å². The lowest BCUT2D eigenvalue weighted by atomic mass is 10.1. The van der Waals surface area contributed by atoms with Crippen molar-refractivity contribution in [3.05, 3.63) is 47.7 Å². The average Bonchev–Trinajstić information content (AvgIpc) is 2.80. The van der Waals surface area contributed by atoms with Crippen LogP contribution in [0.1, 0.15) is 16.1 Å². The molecule has 1 aromatic carbocycles. The molecule has 96 valence electrons. The minimum absolute atomic E-state index is 0.0753. The van der Waals surface area contributed by atoms with Crippen molar-refractivity contribution >= 4 is 11.7 Å². The molecule has 0 unspecified atom stereocenters. The molecule has 0 bridgehead atoms. The van der Waals surface area contributed by atoms with E-state index in [1.54, 1.807) is 6.07 Å². The van der Waals surface area contributed by atoms with Crippen molar-refractivity contribution in [1.29, 1.82) is 0 Å². The van der Waals surface area contributed by atoms with Gasteiger partial charge in [-0.25, -0.2) is 9.78 Å². The first-order chi connectivity index (χ1) is 9.15. The Morgan fingerprint density at radius 1 is 1.32 bits per heavy atom. The maximum Gasteiger partial charge on any atom is 0.354 e. The number of rotatable bonds is 2. The van der Waals surface area contributed by atoms with Gasteiger partial charge in [-0.05, 0) is 30.2 Å². The molecular weight excluding hydrogens is 240 g/mol. The third kappa shape index (κ3) is 2.05. The van der Waals surface area contributed by atoms with E-state index in [1.807, 2.05) is 12.1 Å². The predicted molar refractivity (Wildman–Crippen MR) is 73.6 cm³/mol. The molecule has 1 aliphatic rings. The van der Waals surface area contributed by atoms with Gasteiger partial charge < -0.3 is 10.0 Å². The zero-order valence-electron chi connectivity index (χ0n) is 10.6. The summed E-state index contributed by atoms with van der Waals surface area (Å²) in [6.07, 6.45) is 1.06. The lowest BCUT2D eigenvalue weighted by Gasteiger charge is -2.13. The van der Waals surface area contributed by atoms with Crippen LogP contribution >= 0.6 is 0 Å². The number of fused-ring (bicyclic) bond motifs is 1. The first-order valence-corrected chi connectivity index (χ1v) is 6.20. The third-order valence-corrected chi connectivity index (χ3v) is 3.48.